The number of likely N-dealkylation sites (tertiary alicyclic amines) is 1. The van der Waals surface area contributed by atoms with Crippen molar-refractivity contribution in [1.82, 2.24) is 4.90 Å². The van der Waals surface area contributed by atoms with Crippen LogP contribution in [0.3, 0.4) is 0 Å². The molecular formula is C16H27NO. The van der Waals surface area contributed by atoms with Crippen LogP contribution >= 0.6 is 0 Å². The molecule has 0 spiro atoms. The van der Waals surface area contributed by atoms with Crippen LogP contribution in [-0.4, -0.2) is 29.8 Å². The number of hydrogen-bond acceptors (Lipinski definition) is 2. The summed E-state index contributed by atoms with van der Waals surface area (Å²) in [7, 11) is 0. The molecule has 1 aliphatic heterocycles. The second kappa shape index (κ2) is 6.51. The van der Waals surface area contributed by atoms with Gasteiger partial charge in [0.2, 0.25) is 0 Å². The minimum absolute atomic E-state index is 0.323. The monoisotopic (exact) mass is 249 g/mol. The molecule has 2 unspecified atom stereocenters. The van der Waals surface area contributed by atoms with Gasteiger partial charge in [0.1, 0.15) is 5.78 Å². The minimum atomic E-state index is 0.323. The van der Waals surface area contributed by atoms with Gasteiger partial charge in [-0.05, 0) is 38.6 Å². The van der Waals surface area contributed by atoms with Crippen molar-refractivity contribution >= 4 is 5.78 Å². The lowest BCUT2D eigenvalue weighted by atomic mass is 9.79. The third-order valence-corrected chi connectivity index (χ3v) is 4.66. The first-order valence-electron chi connectivity index (χ1n) is 7.65. The Kier molecular flexibility index (Phi) is 4.99. The number of Topliss-reactive ketones (excluding diaryl/α,β-unsaturated/α-hetero) is 1. The summed E-state index contributed by atoms with van der Waals surface area (Å²) in [6.07, 6.45) is 9.16. The van der Waals surface area contributed by atoms with Gasteiger partial charge >= 0.3 is 0 Å². The van der Waals surface area contributed by atoms with Crippen LogP contribution < -0.4 is 0 Å². The number of carbonyl (C=O) groups is 1. The van der Waals surface area contributed by atoms with Crippen molar-refractivity contribution in [3.05, 3.63) is 12.2 Å². The maximum atomic E-state index is 12.1. The number of rotatable bonds is 4. The van der Waals surface area contributed by atoms with Crippen molar-refractivity contribution in [3.8, 4) is 0 Å². The summed E-state index contributed by atoms with van der Waals surface area (Å²) in [4.78, 5) is 14.7. The Bertz CT molecular complexity index is 310. The van der Waals surface area contributed by atoms with Gasteiger partial charge in [0.15, 0.2) is 0 Å². The van der Waals surface area contributed by atoms with Crippen LogP contribution in [0.15, 0.2) is 12.2 Å². The highest BCUT2D eigenvalue weighted by Crippen LogP contribution is 2.32. The lowest BCUT2D eigenvalue weighted by Crippen LogP contribution is -2.48. The summed E-state index contributed by atoms with van der Waals surface area (Å²) in [6, 6.07) is 0.509. The second-order valence-electron chi connectivity index (χ2n) is 5.96. The van der Waals surface area contributed by atoms with Crippen molar-refractivity contribution in [2.24, 2.45) is 5.92 Å². The van der Waals surface area contributed by atoms with Crippen LogP contribution in [0.5, 0.6) is 0 Å². The molecule has 2 nitrogen and oxygen atoms in total. The number of piperidine rings is 1. The molecule has 2 aliphatic rings. The Hall–Kier alpha value is -0.630. The second-order valence-corrected chi connectivity index (χ2v) is 5.96. The lowest BCUT2D eigenvalue weighted by molar-refractivity contribution is -0.127. The Labute approximate surface area is 111 Å². The van der Waals surface area contributed by atoms with Gasteiger partial charge < -0.3 is 0 Å². The van der Waals surface area contributed by atoms with E-state index in [1.54, 1.807) is 0 Å². The maximum Gasteiger partial charge on any atom is 0.137 e. The molecule has 1 saturated heterocycles. The molecule has 0 aromatic heterocycles. The molecule has 2 heteroatoms. The molecule has 2 atom stereocenters. The number of nitrogens with zero attached hydrogens (tertiary/aromatic N) is 1. The number of carbonyl (C=O) groups excluding carboxylic acids is 1. The summed E-state index contributed by atoms with van der Waals surface area (Å²) in [6.45, 7) is 8.48. The topological polar surface area (TPSA) is 20.3 Å². The smallest absolute Gasteiger partial charge is 0.137 e. The van der Waals surface area contributed by atoms with E-state index in [9.17, 15) is 4.79 Å². The summed E-state index contributed by atoms with van der Waals surface area (Å²) in [5, 5.41) is 0. The zero-order valence-electron chi connectivity index (χ0n) is 11.8. The van der Waals surface area contributed by atoms with Crippen molar-refractivity contribution in [2.75, 3.05) is 13.1 Å². The summed E-state index contributed by atoms with van der Waals surface area (Å²) in [5.74, 6) is 0.851. The molecule has 18 heavy (non-hydrogen) atoms. The number of hydrogen-bond donors (Lipinski definition) is 0. The summed E-state index contributed by atoms with van der Waals surface area (Å²) in [5.41, 5.74) is 1.31. The molecule has 1 saturated carbocycles. The van der Waals surface area contributed by atoms with Gasteiger partial charge in [0.05, 0.1) is 0 Å². The van der Waals surface area contributed by atoms with Crippen LogP contribution in [0, 0.1) is 5.92 Å². The van der Waals surface area contributed by atoms with E-state index in [0.29, 0.717) is 17.7 Å². The van der Waals surface area contributed by atoms with Crippen molar-refractivity contribution in [1.29, 1.82) is 0 Å². The molecule has 0 amide bonds. The zero-order valence-corrected chi connectivity index (χ0v) is 11.8. The molecule has 102 valence electrons. The van der Waals surface area contributed by atoms with E-state index in [-0.39, 0.29) is 0 Å². The first kappa shape index (κ1) is 13.8. The Morgan fingerprint density at radius 1 is 1.28 bits per heavy atom. The predicted molar refractivity (Wildman–Crippen MR) is 75.6 cm³/mol. The van der Waals surface area contributed by atoms with Crippen LogP contribution in [0.25, 0.3) is 0 Å². The van der Waals surface area contributed by atoms with Gasteiger partial charge in [0, 0.05) is 24.9 Å². The van der Waals surface area contributed by atoms with Gasteiger partial charge in [-0.1, -0.05) is 31.9 Å². The van der Waals surface area contributed by atoms with E-state index in [2.05, 4.69) is 18.4 Å². The van der Waals surface area contributed by atoms with Gasteiger partial charge in [-0.15, -0.1) is 0 Å². The van der Waals surface area contributed by atoms with Gasteiger partial charge in [-0.2, -0.15) is 0 Å². The molecule has 0 aromatic carbocycles. The molecule has 1 aliphatic carbocycles. The zero-order chi connectivity index (χ0) is 13.0. The summed E-state index contributed by atoms with van der Waals surface area (Å²) < 4.78 is 0. The Balaban J connectivity index is 2.02. The average molecular weight is 249 g/mol. The van der Waals surface area contributed by atoms with E-state index in [1.165, 1.54) is 31.3 Å². The SMILES string of the molecule is C=C(CC)CN1CCCCC1C1CCCCC1=O. The highest BCUT2D eigenvalue weighted by atomic mass is 16.1. The molecule has 0 aromatic rings. The first-order chi connectivity index (χ1) is 8.72. The average Bonchev–Trinajstić information content (AvgIpc) is 2.40. The van der Waals surface area contributed by atoms with E-state index in [4.69, 9.17) is 0 Å². The predicted octanol–water partition coefficient (Wildman–Crippen LogP) is 3.57. The van der Waals surface area contributed by atoms with Crippen LogP contribution in [0.1, 0.15) is 58.3 Å². The van der Waals surface area contributed by atoms with Crippen LogP contribution in [-0.2, 0) is 4.79 Å². The standard InChI is InChI=1S/C16H27NO/c1-3-13(2)12-17-11-7-6-9-15(17)14-8-4-5-10-16(14)18/h14-15H,2-12H2,1H3. The fourth-order valence-corrected chi connectivity index (χ4v) is 3.48. The third-order valence-electron chi connectivity index (χ3n) is 4.66. The number of ketones is 1. The highest BCUT2D eigenvalue weighted by Gasteiger charge is 2.35. The van der Waals surface area contributed by atoms with Gasteiger partial charge in [-0.3, -0.25) is 9.69 Å². The van der Waals surface area contributed by atoms with Gasteiger partial charge in [-0.25, -0.2) is 0 Å². The van der Waals surface area contributed by atoms with Crippen LogP contribution in [0.2, 0.25) is 0 Å². The van der Waals surface area contributed by atoms with Crippen molar-refractivity contribution in [3.63, 3.8) is 0 Å². The Morgan fingerprint density at radius 2 is 2.06 bits per heavy atom. The molecule has 0 radical (unpaired) electrons. The quantitative estimate of drug-likeness (QED) is 0.710. The fourth-order valence-electron chi connectivity index (χ4n) is 3.48. The largest absolute Gasteiger partial charge is 0.299 e. The normalized spacial score (nSPS) is 30.4. The van der Waals surface area contributed by atoms with Crippen LogP contribution in [0.4, 0.5) is 0 Å². The minimum Gasteiger partial charge on any atom is -0.299 e. The fraction of sp³-hybridized carbons (Fsp3) is 0.812. The van der Waals surface area contributed by atoms with E-state index < -0.39 is 0 Å². The molecule has 2 rings (SSSR count). The third kappa shape index (κ3) is 3.23. The van der Waals surface area contributed by atoms with Gasteiger partial charge in [0.25, 0.3) is 0 Å². The Morgan fingerprint density at radius 3 is 2.78 bits per heavy atom. The van der Waals surface area contributed by atoms with Crippen molar-refractivity contribution in [2.45, 2.75) is 64.3 Å². The van der Waals surface area contributed by atoms with E-state index in [0.717, 1.165) is 38.8 Å². The highest BCUT2D eigenvalue weighted by molar-refractivity contribution is 5.82. The maximum absolute atomic E-state index is 12.1. The molecule has 0 bridgehead atoms. The first-order valence-corrected chi connectivity index (χ1v) is 7.65. The van der Waals surface area contributed by atoms with Crippen molar-refractivity contribution < 1.29 is 4.79 Å². The van der Waals surface area contributed by atoms with E-state index in [1.807, 2.05) is 0 Å². The lowest BCUT2D eigenvalue weighted by Gasteiger charge is -2.41. The molecular weight excluding hydrogens is 222 g/mol. The van der Waals surface area contributed by atoms with E-state index >= 15 is 0 Å². The molecule has 0 N–H and O–H groups in total. The summed E-state index contributed by atoms with van der Waals surface area (Å²) >= 11 is 0. The molecule has 1 heterocycles. The molecule has 2 fully saturated rings.